The molecule has 0 saturated heterocycles. The van der Waals surface area contributed by atoms with Gasteiger partial charge in [-0.1, -0.05) is 42.4 Å². The van der Waals surface area contributed by atoms with Crippen LogP contribution in [0.1, 0.15) is 61.8 Å². The maximum absolute atomic E-state index is 15.5. The number of hydrogen-bond donors (Lipinski definition) is 4. The van der Waals surface area contributed by atoms with Crippen LogP contribution in [0.15, 0.2) is 48.1 Å². The van der Waals surface area contributed by atoms with Gasteiger partial charge in [-0.2, -0.15) is 19.0 Å². The van der Waals surface area contributed by atoms with Crippen molar-refractivity contribution in [3.05, 3.63) is 75.7 Å². The molecule has 12 nitrogen and oxygen atoms in total. The van der Waals surface area contributed by atoms with Crippen LogP contribution in [0.4, 0.5) is 29.2 Å². The summed E-state index contributed by atoms with van der Waals surface area (Å²) in [6, 6.07) is 5.18. The number of aromatic nitrogens is 5. The van der Waals surface area contributed by atoms with Crippen molar-refractivity contribution < 1.29 is 35.9 Å². The zero-order valence-corrected chi connectivity index (χ0v) is 32.1. The van der Waals surface area contributed by atoms with Crippen LogP contribution in [0.5, 0.6) is 0 Å². The Morgan fingerprint density at radius 1 is 1.18 bits per heavy atom. The van der Waals surface area contributed by atoms with Gasteiger partial charge in [-0.15, -0.1) is 0 Å². The Morgan fingerprint density at radius 2 is 1.89 bits per heavy atom. The second-order valence-electron chi connectivity index (χ2n) is 14.7. The van der Waals surface area contributed by atoms with Crippen LogP contribution in [0.3, 0.4) is 0 Å². The highest BCUT2D eigenvalue weighted by Crippen LogP contribution is 2.57. The summed E-state index contributed by atoms with van der Waals surface area (Å²) in [7, 11) is -2.23. The monoisotopic (exact) mass is 810 g/mol. The van der Waals surface area contributed by atoms with Crippen LogP contribution in [0, 0.1) is 41.4 Å². The molecule has 18 heteroatoms. The summed E-state index contributed by atoms with van der Waals surface area (Å²) in [4.78, 5) is 18.8. The number of allylic oxidation sites excluding steroid dienone is 4. The minimum atomic E-state index is -3.80. The largest absolute Gasteiger partial charge is 0.382 e. The summed E-state index contributed by atoms with van der Waals surface area (Å²) >= 11 is 6.61. The molecule has 3 aromatic heterocycles. The van der Waals surface area contributed by atoms with E-state index in [9.17, 15) is 22.7 Å². The number of carbonyl (C=O) groups is 1. The van der Waals surface area contributed by atoms with Gasteiger partial charge in [-0.25, -0.2) is 22.2 Å². The van der Waals surface area contributed by atoms with Crippen molar-refractivity contribution in [3.63, 3.8) is 0 Å². The van der Waals surface area contributed by atoms with Gasteiger partial charge < -0.3 is 16.2 Å². The third-order valence-corrected chi connectivity index (χ3v) is 10.8. The highest BCUT2D eigenvalue weighted by Gasteiger charge is 2.60. The molecule has 3 aliphatic carbocycles. The van der Waals surface area contributed by atoms with Crippen molar-refractivity contribution in [2.45, 2.75) is 57.2 Å². The number of fused-ring (bicyclic) bond motifs is 4. The second-order valence-corrected chi connectivity index (χ2v) is 16.8. The number of carbonyl (C=O) groups excluding carboxylic acids is 1. The van der Waals surface area contributed by atoms with E-state index in [0.29, 0.717) is 16.6 Å². The summed E-state index contributed by atoms with van der Waals surface area (Å²) in [5.41, 5.74) is 5.62. The first kappa shape index (κ1) is 38.9. The summed E-state index contributed by atoms with van der Waals surface area (Å²) in [5, 5.41) is 22.0. The smallest absolute Gasteiger partial charge is 0.304 e. The first-order valence-corrected chi connectivity index (χ1v) is 19.6. The fourth-order valence-corrected chi connectivity index (χ4v) is 8.06. The molecule has 2 unspecified atom stereocenters. The summed E-state index contributed by atoms with van der Waals surface area (Å²) in [5.74, 6) is 0.939. The third-order valence-electron chi connectivity index (χ3n) is 9.89. The Kier molecular flexibility index (Phi) is 9.50. The quantitative estimate of drug-likeness (QED) is 0.125. The van der Waals surface area contributed by atoms with Crippen molar-refractivity contribution in [2.24, 2.45) is 24.8 Å². The average Bonchev–Trinajstić information content (AvgIpc) is 3.61. The van der Waals surface area contributed by atoms with Crippen molar-refractivity contribution in [2.75, 3.05) is 16.7 Å². The van der Waals surface area contributed by atoms with Gasteiger partial charge in [0.1, 0.15) is 41.1 Å². The number of aliphatic hydroxyl groups is 1. The number of amides is 1. The Bertz CT molecular complexity index is 2640. The van der Waals surface area contributed by atoms with Gasteiger partial charge in [0, 0.05) is 35.7 Å². The maximum atomic E-state index is 15.5. The van der Waals surface area contributed by atoms with Crippen LogP contribution in [0.25, 0.3) is 22.0 Å². The Morgan fingerprint density at radius 3 is 2.55 bits per heavy atom. The molecule has 5 atom stereocenters. The van der Waals surface area contributed by atoms with Crippen molar-refractivity contribution in [1.82, 2.24) is 29.9 Å². The Labute approximate surface area is 324 Å². The van der Waals surface area contributed by atoms with Crippen LogP contribution >= 0.6 is 11.6 Å². The molecule has 3 heterocycles. The number of nitrogen functional groups attached to an aromatic ring is 1. The van der Waals surface area contributed by atoms with E-state index in [2.05, 4.69) is 43.9 Å². The fraction of sp³-hybridized carbons (Fsp3) is 0.368. The number of nitrogens with two attached hydrogens (primary N) is 1. The number of anilines is 2. The molecule has 5 N–H and O–H groups in total. The number of aryl methyl sites for hydroxylation is 1. The number of benzene rings is 1. The third kappa shape index (κ3) is 7.11. The van der Waals surface area contributed by atoms with E-state index in [4.69, 9.17) is 22.3 Å². The van der Waals surface area contributed by atoms with E-state index in [1.165, 1.54) is 30.7 Å². The molecule has 1 amide bonds. The van der Waals surface area contributed by atoms with Gasteiger partial charge >= 0.3 is 5.92 Å². The molecule has 0 bridgehead atoms. The topological polar surface area (TPSA) is 170 Å². The molecule has 0 aliphatic heterocycles. The lowest BCUT2D eigenvalue weighted by Crippen LogP contribution is -2.36. The molecule has 292 valence electrons. The van der Waals surface area contributed by atoms with Gasteiger partial charge in [0.2, 0.25) is 15.9 Å². The van der Waals surface area contributed by atoms with Crippen LogP contribution in [-0.2, 0) is 34.3 Å². The predicted molar refractivity (Wildman–Crippen MR) is 202 cm³/mol. The number of halogens is 5. The lowest BCUT2D eigenvalue weighted by molar-refractivity contribution is -0.123. The Hall–Kier alpha value is -5.36. The molecule has 0 saturated carbocycles. The Balaban J connectivity index is 1.38. The van der Waals surface area contributed by atoms with Gasteiger partial charge in [0.25, 0.3) is 0 Å². The van der Waals surface area contributed by atoms with Crippen molar-refractivity contribution in [3.8, 4) is 34.8 Å². The van der Waals surface area contributed by atoms with E-state index in [-0.39, 0.29) is 45.4 Å². The van der Waals surface area contributed by atoms with Gasteiger partial charge in [-0.3, -0.25) is 18.9 Å². The minimum Gasteiger partial charge on any atom is -0.382 e. The maximum Gasteiger partial charge on any atom is 0.304 e. The zero-order chi connectivity index (χ0) is 40.6. The highest BCUT2D eigenvalue weighted by molar-refractivity contribution is 7.92. The van der Waals surface area contributed by atoms with E-state index in [0.717, 1.165) is 17.0 Å². The first-order chi connectivity index (χ1) is 26.1. The van der Waals surface area contributed by atoms with Crippen molar-refractivity contribution in [1.29, 1.82) is 0 Å². The molecule has 7 rings (SSSR count). The predicted octanol–water partition coefficient (Wildman–Crippen LogP) is 5.60. The second kappa shape index (κ2) is 13.7. The zero-order valence-electron chi connectivity index (χ0n) is 30.5. The van der Waals surface area contributed by atoms with Crippen LogP contribution in [-0.4, -0.2) is 55.8 Å². The van der Waals surface area contributed by atoms with E-state index < -0.39 is 81.1 Å². The summed E-state index contributed by atoms with van der Waals surface area (Å²) in [6.45, 7) is 3.80. The number of rotatable bonds is 9. The number of nitrogens with zero attached hydrogens (tertiary/aromatic N) is 5. The molecule has 0 spiro atoms. The fourth-order valence-electron chi connectivity index (χ4n) is 7.32. The number of alkyl halides is 2. The van der Waals surface area contributed by atoms with E-state index >= 15 is 13.2 Å². The molecule has 1 aromatic carbocycles. The number of hydrogen-bond acceptors (Lipinski definition) is 8. The number of pyridine rings is 1. The lowest BCUT2D eigenvalue weighted by Gasteiger charge is -2.29. The van der Waals surface area contributed by atoms with E-state index in [1.54, 1.807) is 32.2 Å². The molecule has 4 aromatic rings. The molecule has 0 fully saturated rings. The van der Waals surface area contributed by atoms with Crippen molar-refractivity contribution >= 4 is 50.1 Å². The standard InChI is InChI=1S/C38H35ClF4N8O4S/c1-18-19(14-20(40)16-27(18)41)15-28(46-29(52)17-51-34-30(35(44)47-51)24-8-10-25(24)38(34,42)43)32-22(7-6-21(45-32)12-13-37(2,3)53)23-9-11-26(39)31-33(23)50(4)48-36(31)49-56(5,54)55/h6-7,9,11,14,16,18-19,24-25,28,53H,15,17H2,1-5H3,(H2,44,47)(H,46,52)(H,48,49)/t18?,19?,24-,25+,28-/m0/s1. The minimum absolute atomic E-state index is 0.0514. The molecule has 3 aliphatic rings. The SMILES string of the molecule is CC1C(F)=CC(F)=CC1C[C@H](NC(=O)Cn1nc(N)c2c1C(F)(F)[C@@H]1C#C[C@H]21)c1nc(C#CC(C)(C)O)ccc1-c1ccc(Cl)c2c(NS(C)(=O)=O)nn(C)c12. The normalized spacial score (nSPS) is 21.3. The van der Waals surface area contributed by atoms with Gasteiger partial charge in [0.15, 0.2) is 11.6 Å². The molecular weight excluding hydrogens is 776 g/mol. The van der Waals surface area contributed by atoms with Crippen LogP contribution in [0.2, 0.25) is 5.02 Å². The molecular formula is C38H35ClF4N8O4S. The average molecular weight is 811 g/mol. The van der Waals surface area contributed by atoms with Gasteiger partial charge in [-0.05, 0) is 56.4 Å². The summed E-state index contributed by atoms with van der Waals surface area (Å²) in [6.07, 6.45) is 2.83. The molecule has 56 heavy (non-hydrogen) atoms. The van der Waals surface area contributed by atoms with Gasteiger partial charge in [0.05, 0.1) is 39.8 Å². The summed E-state index contributed by atoms with van der Waals surface area (Å²) < 4.78 is 89.9. The lowest BCUT2D eigenvalue weighted by atomic mass is 9.82. The number of nitrogens with one attached hydrogen (secondary N) is 2. The van der Waals surface area contributed by atoms with E-state index in [1.807, 2.05) is 0 Å². The number of sulfonamides is 1. The molecule has 0 radical (unpaired) electrons. The highest BCUT2D eigenvalue weighted by atomic mass is 35.5. The first-order valence-electron chi connectivity index (χ1n) is 17.3. The van der Waals surface area contributed by atoms with Crippen LogP contribution < -0.4 is 15.8 Å².